The summed E-state index contributed by atoms with van der Waals surface area (Å²) in [5.74, 6) is 0.822. The fraction of sp³-hybridized carbons (Fsp3) is 0.269. The molecule has 0 unspecified atom stereocenters. The molecular formula is C26H24ClN5O4. The molecule has 9 nitrogen and oxygen atoms in total. The van der Waals surface area contributed by atoms with Crippen LogP contribution in [-0.4, -0.2) is 59.4 Å². The van der Waals surface area contributed by atoms with Crippen molar-refractivity contribution in [3.05, 3.63) is 59.9 Å². The van der Waals surface area contributed by atoms with Crippen LogP contribution in [0.1, 0.15) is 28.9 Å². The first kappa shape index (κ1) is 25.1. The topological polar surface area (TPSA) is 114 Å². The van der Waals surface area contributed by atoms with E-state index < -0.39 is 0 Å². The number of benzene rings is 1. The molecule has 4 heterocycles. The monoisotopic (exact) mass is 505 g/mol. The van der Waals surface area contributed by atoms with E-state index in [0.29, 0.717) is 47.1 Å². The molecule has 0 N–H and O–H groups in total. The van der Waals surface area contributed by atoms with Crippen LogP contribution in [0.4, 0.5) is 0 Å². The van der Waals surface area contributed by atoms with Gasteiger partial charge >= 0.3 is 0 Å². The lowest BCUT2D eigenvalue weighted by atomic mass is 10.0. The number of carbonyl (C=O) groups excluding carboxylic acids is 1. The van der Waals surface area contributed by atoms with Gasteiger partial charge in [-0.1, -0.05) is 6.07 Å². The zero-order chi connectivity index (χ0) is 24.4. The number of aromatic nitrogens is 3. The zero-order valence-corrected chi connectivity index (χ0v) is 20.6. The highest BCUT2D eigenvalue weighted by Gasteiger charge is 2.19. The molecule has 3 aromatic heterocycles. The van der Waals surface area contributed by atoms with Gasteiger partial charge in [0.15, 0.2) is 17.0 Å². The molecule has 1 amide bonds. The number of ether oxygens (including phenoxy) is 2. The van der Waals surface area contributed by atoms with Crippen LogP contribution in [0.25, 0.3) is 33.7 Å². The summed E-state index contributed by atoms with van der Waals surface area (Å²) in [7, 11) is 3.32. The summed E-state index contributed by atoms with van der Waals surface area (Å²) in [6.45, 7) is 1.33. The smallest absolute Gasteiger partial charge is 0.273 e. The molecule has 10 heteroatoms. The molecule has 1 aliphatic rings. The predicted octanol–water partition coefficient (Wildman–Crippen LogP) is 4.50. The van der Waals surface area contributed by atoms with Gasteiger partial charge in [-0.05, 0) is 35.9 Å². The van der Waals surface area contributed by atoms with Gasteiger partial charge in [0, 0.05) is 44.8 Å². The van der Waals surface area contributed by atoms with E-state index in [1.54, 1.807) is 44.6 Å². The van der Waals surface area contributed by atoms with Crippen LogP contribution >= 0.6 is 12.4 Å². The summed E-state index contributed by atoms with van der Waals surface area (Å²) in [4.78, 5) is 17.9. The second-order valence-corrected chi connectivity index (χ2v) is 8.44. The molecule has 5 rings (SSSR count). The Hall–Kier alpha value is -4.00. The van der Waals surface area contributed by atoms with Gasteiger partial charge in [0.05, 0.1) is 18.8 Å². The molecular weight excluding hydrogens is 482 g/mol. The lowest BCUT2D eigenvalue weighted by Gasteiger charge is -2.23. The number of rotatable bonds is 5. The van der Waals surface area contributed by atoms with Crippen LogP contribution in [0.5, 0.6) is 5.75 Å². The van der Waals surface area contributed by atoms with Gasteiger partial charge in [0.25, 0.3) is 5.91 Å². The van der Waals surface area contributed by atoms with Crippen molar-refractivity contribution in [1.29, 1.82) is 5.26 Å². The van der Waals surface area contributed by atoms with Crippen molar-refractivity contribution in [2.75, 3.05) is 27.3 Å². The molecule has 0 saturated carbocycles. The standard InChI is InChI=1S/C26H23N5O4.ClH/c1-31(2)26(32)21-5-4-20(29-30-21)24-14-22-25(35-24)19(7-10-28-22)16-3-6-23(17(13-16)15-27)34-18-8-11-33-12-9-18;/h3-7,10,13-14,18H,8-9,11-12H2,1-2H3;1H. The molecule has 0 atom stereocenters. The molecule has 36 heavy (non-hydrogen) atoms. The summed E-state index contributed by atoms with van der Waals surface area (Å²) in [5.41, 5.74) is 4.02. The highest BCUT2D eigenvalue weighted by Crippen LogP contribution is 2.35. The Labute approximate surface area is 214 Å². The fourth-order valence-corrected chi connectivity index (χ4v) is 3.96. The Morgan fingerprint density at radius 2 is 1.92 bits per heavy atom. The van der Waals surface area contributed by atoms with Crippen LogP contribution < -0.4 is 4.74 Å². The average Bonchev–Trinajstić information content (AvgIpc) is 3.34. The minimum atomic E-state index is -0.227. The van der Waals surface area contributed by atoms with Crippen molar-refractivity contribution in [2.24, 2.45) is 0 Å². The van der Waals surface area contributed by atoms with Gasteiger partial charge in [-0.15, -0.1) is 22.6 Å². The maximum Gasteiger partial charge on any atom is 0.273 e. The quantitative estimate of drug-likeness (QED) is 0.389. The third-order valence-electron chi connectivity index (χ3n) is 5.83. The minimum Gasteiger partial charge on any atom is -0.489 e. The number of nitrogens with zero attached hydrogens (tertiary/aromatic N) is 5. The maximum absolute atomic E-state index is 12.1. The van der Waals surface area contributed by atoms with Crippen molar-refractivity contribution in [2.45, 2.75) is 18.9 Å². The Bertz CT molecular complexity index is 1420. The number of hydrogen-bond donors (Lipinski definition) is 0. The largest absolute Gasteiger partial charge is 0.489 e. The fourth-order valence-electron chi connectivity index (χ4n) is 3.96. The van der Waals surface area contributed by atoms with Crippen molar-refractivity contribution in [3.63, 3.8) is 0 Å². The van der Waals surface area contributed by atoms with E-state index >= 15 is 0 Å². The summed E-state index contributed by atoms with van der Waals surface area (Å²) in [6, 6.07) is 14.7. The van der Waals surface area contributed by atoms with Crippen molar-refractivity contribution < 1.29 is 18.7 Å². The molecule has 1 aromatic carbocycles. The first-order chi connectivity index (χ1) is 17.0. The second kappa shape index (κ2) is 10.7. The van der Waals surface area contributed by atoms with E-state index in [2.05, 4.69) is 21.3 Å². The number of carbonyl (C=O) groups is 1. The molecule has 0 aliphatic carbocycles. The van der Waals surface area contributed by atoms with Crippen molar-refractivity contribution in [3.8, 4) is 34.4 Å². The Balaban J connectivity index is 0.00000304. The number of nitriles is 1. The molecule has 184 valence electrons. The molecule has 4 aromatic rings. The van der Waals surface area contributed by atoms with Crippen LogP contribution in [0.2, 0.25) is 0 Å². The van der Waals surface area contributed by atoms with E-state index in [1.165, 1.54) is 4.90 Å². The van der Waals surface area contributed by atoms with Crippen molar-refractivity contribution in [1.82, 2.24) is 20.1 Å². The third-order valence-corrected chi connectivity index (χ3v) is 5.83. The van der Waals surface area contributed by atoms with Gasteiger partial charge in [-0.25, -0.2) is 0 Å². The van der Waals surface area contributed by atoms with Crippen LogP contribution in [0.15, 0.2) is 53.1 Å². The van der Waals surface area contributed by atoms with Crippen LogP contribution in [0.3, 0.4) is 0 Å². The van der Waals surface area contributed by atoms with E-state index in [9.17, 15) is 10.1 Å². The van der Waals surface area contributed by atoms with Gasteiger partial charge < -0.3 is 18.8 Å². The van der Waals surface area contributed by atoms with E-state index in [0.717, 1.165) is 24.0 Å². The van der Waals surface area contributed by atoms with Crippen LogP contribution in [0, 0.1) is 11.3 Å². The van der Waals surface area contributed by atoms with E-state index in [-0.39, 0.29) is 30.1 Å². The number of furan rings is 1. The maximum atomic E-state index is 12.1. The molecule has 1 aliphatic heterocycles. The molecule has 1 saturated heterocycles. The molecule has 0 bridgehead atoms. The highest BCUT2D eigenvalue weighted by molar-refractivity contribution is 5.93. The Kier molecular flexibility index (Phi) is 7.48. The van der Waals surface area contributed by atoms with Crippen molar-refractivity contribution >= 4 is 29.4 Å². The minimum absolute atomic E-state index is 0. The highest BCUT2D eigenvalue weighted by atomic mass is 35.5. The summed E-state index contributed by atoms with van der Waals surface area (Å²) in [6.07, 6.45) is 3.35. The summed E-state index contributed by atoms with van der Waals surface area (Å²) in [5, 5.41) is 17.9. The molecule has 1 fully saturated rings. The Morgan fingerprint density at radius 1 is 1.11 bits per heavy atom. The Morgan fingerprint density at radius 3 is 2.61 bits per heavy atom. The normalized spacial score (nSPS) is 13.6. The molecule has 0 radical (unpaired) electrons. The lowest BCUT2D eigenvalue weighted by Crippen LogP contribution is -2.26. The van der Waals surface area contributed by atoms with E-state index in [4.69, 9.17) is 13.9 Å². The first-order valence-corrected chi connectivity index (χ1v) is 11.3. The number of pyridine rings is 1. The van der Waals surface area contributed by atoms with Crippen LogP contribution in [-0.2, 0) is 4.74 Å². The zero-order valence-electron chi connectivity index (χ0n) is 19.8. The van der Waals surface area contributed by atoms with Gasteiger partial charge in [-0.2, -0.15) is 5.26 Å². The third kappa shape index (κ3) is 5.00. The van der Waals surface area contributed by atoms with Gasteiger partial charge in [0.1, 0.15) is 29.1 Å². The summed E-state index contributed by atoms with van der Waals surface area (Å²) >= 11 is 0. The number of amides is 1. The lowest BCUT2D eigenvalue weighted by molar-refractivity contribution is 0.0254. The predicted molar refractivity (Wildman–Crippen MR) is 135 cm³/mol. The van der Waals surface area contributed by atoms with Gasteiger partial charge in [0.2, 0.25) is 0 Å². The average molecular weight is 506 g/mol. The van der Waals surface area contributed by atoms with Gasteiger partial charge in [-0.3, -0.25) is 9.78 Å². The number of halogens is 1. The SMILES string of the molecule is CN(C)C(=O)c1ccc(-c2cc3nccc(-c4ccc(OC5CCOCC5)c(C#N)c4)c3o2)nn1.Cl. The number of hydrogen-bond acceptors (Lipinski definition) is 8. The summed E-state index contributed by atoms with van der Waals surface area (Å²) < 4.78 is 17.6. The number of fused-ring (bicyclic) bond motifs is 1. The first-order valence-electron chi connectivity index (χ1n) is 11.3. The van der Waals surface area contributed by atoms with E-state index in [1.807, 2.05) is 18.2 Å². The second-order valence-electron chi connectivity index (χ2n) is 8.44. The molecule has 0 spiro atoms.